The molecule has 6 nitrogen and oxygen atoms in total. The minimum absolute atomic E-state index is 0.127. The molecule has 1 aliphatic heterocycles. The van der Waals surface area contributed by atoms with Gasteiger partial charge in [0.2, 0.25) is 0 Å². The zero-order chi connectivity index (χ0) is 23.5. The minimum Gasteiger partial charge on any atom is -0.353 e. The summed E-state index contributed by atoms with van der Waals surface area (Å²) in [6.07, 6.45) is 1.47. The molecule has 4 rings (SSSR count). The number of anilines is 2. The number of nitrogens with one attached hydrogen (secondary N) is 1. The van der Waals surface area contributed by atoms with Gasteiger partial charge in [0.25, 0.3) is 11.8 Å². The fourth-order valence-electron chi connectivity index (χ4n) is 3.51. The SMILES string of the molecule is O=C(Nc1ccc(N2CCN(C(=O)c3ccc(Cl)cc3Cl)CC2)nc1)c1cc(F)cc(F)c1. The summed E-state index contributed by atoms with van der Waals surface area (Å²) in [5.41, 5.74) is 0.670. The minimum atomic E-state index is -0.829. The van der Waals surface area contributed by atoms with Crippen LogP contribution in [0.1, 0.15) is 20.7 Å². The van der Waals surface area contributed by atoms with E-state index in [0.29, 0.717) is 59.4 Å². The Morgan fingerprint density at radius 2 is 1.61 bits per heavy atom. The number of pyridine rings is 1. The van der Waals surface area contributed by atoms with Gasteiger partial charge in [-0.1, -0.05) is 23.2 Å². The Morgan fingerprint density at radius 1 is 0.909 bits per heavy atom. The highest BCUT2D eigenvalue weighted by atomic mass is 35.5. The Bertz CT molecular complexity index is 1180. The first-order valence-electron chi connectivity index (χ1n) is 10.0. The number of benzene rings is 2. The summed E-state index contributed by atoms with van der Waals surface area (Å²) in [5.74, 6) is -1.78. The number of aromatic nitrogens is 1. The number of amides is 2. The van der Waals surface area contributed by atoms with Gasteiger partial charge in [0.05, 0.1) is 22.5 Å². The molecule has 2 amide bonds. The van der Waals surface area contributed by atoms with Gasteiger partial charge in [-0.05, 0) is 42.5 Å². The standard InChI is InChI=1S/C23H18Cl2F2N4O2/c24-15-1-3-19(20(25)11-15)23(33)31-7-5-30(6-8-31)21-4-2-18(13-28-21)29-22(32)14-9-16(26)12-17(27)10-14/h1-4,9-13H,5-8H2,(H,29,32). The number of halogens is 4. The van der Waals surface area contributed by atoms with E-state index >= 15 is 0 Å². The highest BCUT2D eigenvalue weighted by molar-refractivity contribution is 6.36. The maximum atomic E-state index is 13.3. The molecule has 1 aromatic heterocycles. The molecule has 0 saturated carbocycles. The topological polar surface area (TPSA) is 65.5 Å². The summed E-state index contributed by atoms with van der Waals surface area (Å²) < 4.78 is 26.6. The number of piperazine rings is 1. The van der Waals surface area contributed by atoms with Crippen LogP contribution < -0.4 is 10.2 Å². The molecule has 3 aromatic rings. The highest BCUT2D eigenvalue weighted by Gasteiger charge is 2.24. The van der Waals surface area contributed by atoms with E-state index < -0.39 is 17.5 Å². The van der Waals surface area contributed by atoms with Crippen molar-refractivity contribution in [3.63, 3.8) is 0 Å². The van der Waals surface area contributed by atoms with Crippen molar-refractivity contribution in [1.29, 1.82) is 0 Å². The largest absolute Gasteiger partial charge is 0.353 e. The van der Waals surface area contributed by atoms with Crippen LogP contribution in [0.25, 0.3) is 0 Å². The summed E-state index contributed by atoms with van der Waals surface area (Å²) in [5, 5.41) is 3.35. The van der Waals surface area contributed by atoms with Crippen LogP contribution in [0.3, 0.4) is 0 Å². The lowest BCUT2D eigenvalue weighted by Gasteiger charge is -2.35. The maximum absolute atomic E-state index is 13.3. The van der Waals surface area contributed by atoms with Crippen LogP contribution in [0.2, 0.25) is 10.0 Å². The van der Waals surface area contributed by atoms with Crippen molar-refractivity contribution in [2.45, 2.75) is 0 Å². The predicted octanol–water partition coefficient (Wildman–Crippen LogP) is 4.88. The second-order valence-electron chi connectivity index (χ2n) is 7.42. The second-order valence-corrected chi connectivity index (χ2v) is 8.26. The predicted molar refractivity (Wildman–Crippen MR) is 123 cm³/mol. The van der Waals surface area contributed by atoms with Crippen LogP contribution >= 0.6 is 23.2 Å². The van der Waals surface area contributed by atoms with Crippen molar-refractivity contribution in [2.24, 2.45) is 0 Å². The molecule has 0 aliphatic carbocycles. The Balaban J connectivity index is 1.35. The summed E-state index contributed by atoms with van der Waals surface area (Å²) in [6.45, 7) is 2.11. The monoisotopic (exact) mass is 490 g/mol. The number of rotatable bonds is 4. The van der Waals surface area contributed by atoms with Gasteiger partial charge in [0, 0.05) is 42.8 Å². The molecule has 0 atom stereocenters. The third kappa shape index (κ3) is 5.40. The molecule has 1 aliphatic rings. The Morgan fingerprint density at radius 3 is 2.21 bits per heavy atom. The summed E-state index contributed by atoms with van der Waals surface area (Å²) in [4.78, 5) is 33.1. The maximum Gasteiger partial charge on any atom is 0.255 e. The molecule has 170 valence electrons. The van der Waals surface area contributed by atoms with Gasteiger partial charge >= 0.3 is 0 Å². The fourth-order valence-corrected chi connectivity index (χ4v) is 4.00. The van der Waals surface area contributed by atoms with E-state index in [4.69, 9.17) is 23.2 Å². The first kappa shape index (κ1) is 22.9. The summed E-state index contributed by atoms with van der Waals surface area (Å²) >= 11 is 12.1. The number of hydrogen-bond donors (Lipinski definition) is 1. The molecule has 1 fully saturated rings. The van der Waals surface area contributed by atoms with Crippen molar-refractivity contribution >= 4 is 46.5 Å². The van der Waals surface area contributed by atoms with Crippen LogP contribution in [0, 0.1) is 11.6 Å². The molecule has 1 saturated heterocycles. The Hall–Kier alpha value is -3.23. The quantitative estimate of drug-likeness (QED) is 0.565. The van der Waals surface area contributed by atoms with E-state index in [9.17, 15) is 18.4 Å². The van der Waals surface area contributed by atoms with Crippen LogP contribution in [0.5, 0.6) is 0 Å². The normalized spacial score (nSPS) is 13.7. The van der Waals surface area contributed by atoms with Crippen molar-refractivity contribution in [3.8, 4) is 0 Å². The van der Waals surface area contributed by atoms with Crippen LogP contribution in [0.15, 0.2) is 54.7 Å². The van der Waals surface area contributed by atoms with Gasteiger partial charge in [0.1, 0.15) is 17.5 Å². The van der Waals surface area contributed by atoms with Gasteiger partial charge in [-0.2, -0.15) is 0 Å². The average Bonchev–Trinajstić information content (AvgIpc) is 2.79. The molecule has 0 bridgehead atoms. The second kappa shape index (κ2) is 9.72. The zero-order valence-electron chi connectivity index (χ0n) is 17.2. The van der Waals surface area contributed by atoms with Gasteiger partial charge in [0.15, 0.2) is 0 Å². The van der Waals surface area contributed by atoms with Gasteiger partial charge in [-0.15, -0.1) is 0 Å². The molecule has 10 heteroatoms. The summed E-state index contributed by atoms with van der Waals surface area (Å²) in [6, 6.07) is 10.8. The number of carbonyl (C=O) groups excluding carboxylic acids is 2. The fraction of sp³-hybridized carbons (Fsp3) is 0.174. The molecule has 0 radical (unpaired) electrons. The van der Waals surface area contributed by atoms with Gasteiger partial charge < -0.3 is 15.1 Å². The Labute approximate surface area is 198 Å². The van der Waals surface area contributed by atoms with E-state index in [2.05, 4.69) is 10.3 Å². The van der Waals surface area contributed by atoms with Crippen molar-refractivity contribution < 1.29 is 18.4 Å². The smallest absolute Gasteiger partial charge is 0.255 e. The van der Waals surface area contributed by atoms with Crippen LogP contribution in [-0.4, -0.2) is 47.9 Å². The third-order valence-electron chi connectivity index (χ3n) is 5.18. The molecule has 2 heterocycles. The molecule has 0 spiro atoms. The van der Waals surface area contributed by atoms with Gasteiger partial charge in [-0.3, -0.25) is 9.59 Å². The number of nitrogens with zero attached hydrogens (tertiary/aromatic N) is 3. The number of carbonyl (C=O) groups is 2. The molecular formula is C23H18Cl2F2N4O2. The third-order valence-corrected chi connectivity index (χ3v) is 5.73. The van der Waals surface area contributed by atoms with Crippen molar-refractivity contribution in [1.82, 2.24) is 9.88 Å². The van der Waals surface area contributed by atoms with E-state index in [1.54, 1.807) is 35.2 Å². The first-order valence-corrected chi connectivity index (χ1v) is 10.8. The van der Waals surface area contributed by atoms with E-state index in [1.165, 1.54) is 6.20 Å². The van der Waals surface area contributed by atoms with E-state index in [1.807, 2.05) is 4.90 Å². The van der Waals surface area contributed by atoms with E-state index in [0.717, 1.165) is 12.1 Å². The molecule has 1 N–H and O–H groups in total. The summed E-state index contributed by atoms with van der Waals surface area (Å²) in [7, 11) is 0. The van der Waals surface area contributed by atoms with Gasteiger partial charge in [-0.25, -0.2) is 13.8 Å². The highest BCUT2D eigenvalue weighted by Crippen LogP contribution is 2.24. The average molecular weight is 491 g/mol. The molecule has 2 aromatic carbocycles. The molecule has 0 unspecified atom stereocenters. The van der Waals surface area contributed by atoms with E-state index in [-0.39, 0.29) is 11.5 Å². The number of hydrogen-bond acceptors (Lipinski definition) is 4. The molecule has 33 heavy (non-hydrogen) atoms. The lowest BCUT2D eigenvalue weighted by molar-refractivity contribution is 0.0746. The Kier molecular flexibility index (Phi) is 6.76. The van der Waals surface area contributed by atoms with Crippen LogP contribution in [0.4, 0.5) is 20.3 Å². The molecular weight excluding hydrogens is 473 g/mol. The lowest BCUT2D eigenvalue weighted by Crippen LogP contribution is -2.49. The van der Waals surface area contributed by atoms with Crippen molar-refractivity contribution in [2.75, 3.05) is 36.4 Å². The van der Waals surface area contributed by atoms with Crippen molar-refractivity contribution in [3.05, 3.63) is 87.5 Å². The lowest BCUT2D eigenvalue weighted by atomic mass is 10.1. The first-order chi connectivity index (χ1) is 15.8. The van der Waals surface area contributed by atoms with Crippen LogP contribution in [-0.2, 0) is 0 Å². The zero-order valence-corrected chi connectivity index (χ0v) is 18.7.